The molecule has 0 radical (unpaired) electrons. The van der Waals surface area contributed by atoms with Crippen molar-refractivity contribution in [2.75, 3.05) is 11.4 Å². The van der Waals surface area contributed by atoms with E-state index in [9.17, 15) is 13.2 Å². The van der Waals surface area contributed by atoms with Crippen LogP contribution in [0.15, 0.2) is 54.6 Å². The number of hydrogen-bond donors (Lipinski definition) is 1. The first kappa shape index (κ1) is 16.8. The number of hydrogen-bond acceptors (Lipinski definition) is 2. The first-order chi connectivity index (χ1) is 11.5. The number of nitrogens with zero attached hydrogens (tertiary/aromatic N) is 1. The maximum Gasteiger partial charge on any atom is 0.408 e. The summed E-state index contributed by atoms with van der Waals surface area (Å²) in [7, 11) is 0. The molecule has 128 valence electrons. The van der Waals surface area contributed by atoms with E-state index in [0.717, 1.165) is 17.5 Å². The van der Waals surface area contributed by atoms with Crippen molar-refractivity contribution >= 4 is 5.69 Å². The molecule has 2 unspecified atom stereocenters. The largest absolute Gasteiger partial charge is 0.408 e. The fourth-order valence-corrected chi connectivity index (χ4v) is 3.41. The Kier molecular flexibility index (Phi) is 4.81. The Bertz CT molecular complexity index is 670. The second-order valence-corrected chi connectivity index (χ2v) is 6.19. The van der Waals surface area contributed by atoms with E-state index in [1.165, 1.54) is 4.90 Å². The van der Waals surface area contributed by atoms with Crippen molar-refractivity contribution in [2.45, 2.75) is 37.5 Å². The van der Waals surface area contributed by atoms with Crippen LogP contribution in [0.25, 0.3) is 0 Å². The molecule has 2 aromatic rings. The first-order valence-corrected chi connectivity index (χ1v) is 8.21. The van der Waals surface area contributed by atoms with Gasteiger partial charge in [0.05, 0.1) is 6.04 Å². The van der Waals surface area contributed by atoms with Crippen molar-refractivity contribution < 1.29 is 13.2 Å². The van der Waals surface area contributed by atoms with Gasteiger partial charge >= 0.3 is 6.18 Å². The second-order valence-electron chi connectivity index (χ2n) is 6.19. The Balaban J connectivity index is 1.99. The van der Waals surface area contributed by atoms with Gasteiger partial charge < -0.3 is 10.6 Å². The fraction of sp³-hybridized carbons (Fsp3) is 0.368. The summed E-state index contributed by atoms with van der Waals surface area (Å²) in [6, 6.07) is 14.8. The van der Waals surface area contributed by atoms with Crippen molar-refractivity contribution in [3.8, 4) is 0 Å². The molecule has 0 amide bonds. The lowest BCUT2D eigenvalue weighted by Crippen LogP contribution is -2.49. The van der Waals surface area contributed by atoms with E-state index < -0.39 is 18.3 Å². The normalized spacial score (nSPS) is 20.0. The predicted molar refractivity (Wildman–Crippen MR) is 90.0 cm³/mol. The highest BCUT2D eigenvalue weighted by molar-refractivity contribution is 5.58. The van der Waals surface area contributed by atoms with E-state index in [1.807, 2.05) is 42.5 Å². The number of nitrogens with two attached hydrogens (primary N) is 1. The average molecular weight is 334 g/mol. The van der Waals surface area contributed by atoms with Gasteiger partial charge in [0.2, 0.25) is 0 Å². The van der Waals surface area contributed by atoms with Gasteiger partial charge in [0.25, 0.3) is 0 Å². The number of rotatable bonds is 3. The first-order valence-electron chi connectivity index (χ1n) is 8.21. The van der Waals surface area contributed by atoms with E-state index in [4.69, 9.17) is 5.73 Å². The van der Waals surface area contributed by atoms with Gasteiger partial charge in [0.15, 0.2) is 0 Å². The number of alkyl halides is 3. The highest BCUT2D eigenvalue weighted by Gasteiger charge is 2.45. The van der Waals surface area contributed by atoms with Gasteiger partial charge in [0, 0.05) is 12.2 Å². The smallest absolute Gasteiger partial charge is 0.360 e. The second kappa shape index (κ2) is 6.85. The van der Waals surface area contributed by atoms with Crippen LogP contribution in [0.1, 0.15) is 36.4 Å². The van der Waals surface area contributed by atoms with Gasteiger partial charge in [-0.05, 0) is 36.5 Å². The SMILES string of the molecule is NC(c1ccccc1)c1ccccc1N1CCCCC1C(F)(F)F. The Morgan fingerprint density at radius 1 is 0.958 bits per heavy atom. The summed E-state index contributed by atoms with van der Waals surface area (Å²) in [5.41, 5.74) is 8.59. The molecule has 0 aromatic heterocycles. The third-order valence-corrected chi connectivity index (χ3v) is 4.62. The maximum atomic E-state index is 13.5. The van der Waals surface area contributed by atoms with E-state index >= 15 is 0 Å². The van der Waals surface area contributed by atoms with Gasteiger partial charge in [-0.3, -0.25) is 0 Å². The molecule has 1 aliphatic heterocycles. The van der Waals surface area contributed by atoms with E-state index in [2.05, 4.69) is 0 Å². The molecule has 1 saturated heterocycles. The van der Waals surface area contributed by atoms with Crippen LogP contribution in [-0.2, 0) is 0 Å². The summed E-state index contributed by atoms with van der Waals surface area (Å²) in [5.74, 6) is 0. The van der Waals surface area contributed by atoms with E-state index in [-0.39, 0.29) is 6.42 Å². The van der Waals surface area contributed by atoms with Crippen LogP contribution in [0.5, 0.6) is 0 Å². The maximum absolute atomic E-state index is 13.5. The van der Waals surface area contributed by atoms with Gasteiger partial charge in [0.1, 0.15) is 6.04 Å². The van der Waals surface area contributed by atoms with Crippen molar-refractivity contribution in [3.63, 3.8) is 0 Å². The molecule has 1 heterocycles. The summed E-state index contributed by atoms with van der Waals surface area (Å²) in [5, 5.41) is 0. The molecule has 0 spiro atoms. The molecule has 0 aliphatic carbocycles. The molecule has 2 atom stereocenters. The Morgan fingerprint density at radius 2 is 1.62 bits per heavy atom. The number of anilines is 1. The van der Waals surface area contributed by atoms with Gasteiger partial charge in [-0.25, -0.2) is 0 Å². The van der Waals surface area contributed by atoms with E-state index in [1.54, 1.807) is 12.1 Å². The number of halogens is 3. The molecule has 24 heavy (non-hydrogen) atoms. The molecule has 2 nitrogen and oxygen atoms in total. The molecule has 2 N–H and O–H groups in total. The lowest BCUT2D eigenvalue weighted by molar-refractivity contribution is -0.152. The molecule has 3 rings (SSSR count). The van der Waals surface area contributed by atoms with Crippen LogP contribution in [0.3, 0.4) is 0 Å². The van der Waals surface area contributed by atoms with Crippen LogP contribution in [0.2, 0.25) is 0 Å². The molecular weight excluding hydrogens is 313 g/mol. The number of benzene rings is 2. The topological polar surface area (TPSA) is 29.3 Å². The third kappa shape index (κ3) is 3.41. The Labute approximate surface area is 140 Å². The lowest BCUT2D eigenvalue weighted by Gasteiger charge is -2.40. The highest BCUT2D eigenvalue weighted by Crippen LogP contribution is 2.38. The van der Waals surface area contributed by atoms with Crippen molar-refractivity contribution in [3.05, 3.63) is 65.7 Å². The number of piperidine rings is 1. The third-order valence-electron chi connectivity index (χ3n) is 4.62. The molecule has 2 aromatic carbocycles. The van der Waals surface area contributed by atoms with Gasteiger partial charge in [-0.15, -0.1) is 0 Å². The van der Waals surface area contributed by atoms with Crippen molar-refractivity contribution in [1.82, 2.24) is 0 Å². The van der Waals surface area contributed by atoms with Gasteiger partial charge in [-0.1, -0.05) is 48.5 Å². The minimum Gasteiger partial charge on any atom is -0.360 e. The van der Waals surface area contributed by atoms with Crippen molar-refractivity contribution in [1.29, 1.82) is 0 Å². The zero-order valence-corrected chi connectivity index (χ0v) is 13.3. The van der Waals surface area contributed by atoms with Crippen LogP contribution >= 0.6 is 0 Å². The fourth-order valence-electron chi connectivity index (χ4n) is 3.41. The summed E-state index contributed by atoms with van der Waals surface area (Å²) in [4.78, 5) is 1.49. The van der Waals surface area contributed by atoms with Crippen LogP contribution in [-0.4, -0.2) is 18.8 Å². The van der Waals surface area contributed by atoms with E-state index in [0.29, 0.717) is 18.7 Å². The summed E-state index contributed by atoms with van der Waals surface area (Å²) >= 11 is 0. The summed E-state index contributed by atoms with van der Waals surface area (Å²) in [6.07, 6.45) is -2.72. The quantitative estimate of drug-likeness (QED) is 0.885. The number of para-hydroxylation sites is 1. The molecule has 1 fully saturated rings. The minimum atomic E-state index is -4.23. The standard InChI is InChI=1S/C19H21F3N2/c20-19(21,22)17-12-6-7-13-24(17)16-11-5-4-10-15(16)18(23)14-8-2-1-3-9-14/h1-5,8-11,17-18H,6-7,12-13,23H2. The van der Waals surface area contributed by atoms with Crippen LogP contribution < -0.4 is 10.6 Å². The van der Waals surface area contributed by atoms with Crippen LogP contribution in [0, 0.1) is 0 Å². The van der Waals surface area contributed by atoms with Crippen LogP contribution in [0.4, 0.5) is 18.9 Å². The molecular formula is C19H21F3N2. The minimum absolute atomic E-state index is 0.137. The van der Waals surface area contributed by atoms with Gasteiger partial charge in [-0.2, -0.15) is 13.2 Å². The Hall–Kier alpha value is -2.01. The lowest BCUT2D eigenvalue weighted by atomic mass is 9.94. The zero-order valence-electron chi connectivity index (χ0n) is 13.3. The summed E-state index contributed by atoms with van der Waals surface area (Å²) in [6.45, 7) is 0.405. The molecule has 5 heteroatoms. The Morgan fingerprint density at radius 3 is 2.33 bits per heavy atom. The monoisotopic (exact) mass is 334 g/mol. The van der Waals surface area contributed by atoms with Crippen molar-refractivity contribution in [2.24, 2.45) is 5.73 Å². The highest BCUT2D eigenvalue weighted by atomic mass is 19.4. The molecule has 0 saturated carbocycles. The predicted octanol–water partition coefficient (Wildman–Crippen LogP) is 4.66. The zero-order chi connectivity index (χ0) is 17.2. The molecule has 0 bridgehead atoms. The average Bonchev–Trinajstić information content (AvgIpc) is 2.61. The molecule has 1 aliphatic rings. The summed E-state index contributed by atoms with van der Waals surface area (Å²) < 4.78 is 40.4.